The molecule has 7 nitrogen and oxygen atoms in total. The lowest BCUT2D eigenvalue weighted by Gasteiger charge is -2.39. The van der Waals surface area contributed by atoms with Gasteiger partial charge in [-0.15, -0.1) is 0 Å². The quantitative estimate of drug-likeness (QED) is 0.289. The van der Waals surface area contributed by atoms with Crippen molar-refractivity contribution in [2.24, 2.45) is 0 Å². The molecule has 5 rings (SSSR count). The number of piperidine rings is 1. The van der Waals surface area contributed by atoms with E-state index in [1.165, 1.54) is 0 Å². The fraction of sp³-hybridized carbons (Fsp3) is 0.429. The number of carbonyl (C=O) groups excluding carboxylic acids is 2. The standard InChI is InChI=1S/C35H42ClN3O4/c1-6-22(2)43-33-20-31-27(18-32(33)42-5)19-34(41)39(35(31)26-9-13-28(36)14-10-26)29-15-11-25(12-16-29)23(3)38(24(4)40)30-8-7-17-37-21-30/h9-16,18,20,22-23,30,35,37H,6-8,17,19,21H2,1-5H3/t22-,23?,30+,35-/m1/s1. The Bertz CT molecular complexity index is 1440. The maximum absolute atomic E-state index is 13.9. The molecule has 1 unspecified atom stereocenters. The Kier molecular flexibility index (Phi) is 9.62. The Morgan fingerprint density at radius 1 is 1.09 bits per heavy atom. The fourth-order valence-electron chi connectivity index (χ4n) is 6.37. The van der Waals surface area contributed by atoms with E-state index in [1.54, 1.807) is 14.0 Å². The molecule has 8 heteroatoms. The summed E-state index contributed by atoms with van der Waals surface area (Å²) in [5.41, 5.74) is 4.68. The molecule has 4 atom stereocenters. The molecule has 2 heterocycles. The molecule has 3 aromatic rings. The molecule has 3 aromatic carbocycles. The highest BCUT2D eigenvalue weighted by atomic mass is 35.5. The fourth-order valence-corrected chi connectivity index (χ4v) is 6.49. The lowest BCUT2D eigenvalue weighted by molar-refractivity contribution is -0.134. The van der Waals surface area contributed by atoms with Gasteiger partial charge in [0.2, 0.25) is 11.8 Å². The molecule has 0 spiro atoms. The maximum atomic E-state index is 13.9. The molecule has 2 aliphatic heterocycles. The predicted molar refractivity (Wildman–Crippen MR) is 171 cm³/mol. The minimum Gasteiger partial charge on any atom is -0.493 e. The number of nitrogens with one attached hydrogen (secondary N) is 1. The van der Waals surface area contributed by atoms with Crippen molar-refractivity contribution in [3.05, 3.63) is 87.9 Å². The number of hydrogen-bond donors (Lipinski definition) is 1. The van der Waals surface area contributed by atoms with Crippen molar-refractivity contribution >= 4 is 29.1 Å². The van der Waals surface area contributed by atoms with Crippen molar-refractivity contribution in [1.82, 2.24) is 10.2 Å². The molecule has 228 valence electrons. The van der Waals surface area contributed by atoms with Gasteiger partial charge in [-0.3, -0.25) is 9.59 Å². The van der Waals surface area contributed by atoms with E-state index >= 15 is 0 Å². The highest BCUT2D eigenvalue weighted by Gasteiger charge is 2.36. The van der Waals surface area contributed by atoms with E-state index < -0.39 is 0 Å². The number of carbonyl (C=O) groups is 2. The van der Waals surface area contributed by atoms with Crippen molar-refractivity contribution in [3.63, 3.8) is 0 Å². The molecule has 2 aliphatic rings. The third kappa shape index (κ3) is 6.53. The highest BCUT2D eigenvalue weighted by molar-refractivity contribution is 6.30. The van der Waals surface area contributed by atoms with Gasteiger partial charge in [0.05, 0.1) is 31.7 Å². The van der Waals surface area contributed by atoms with Crippen LogP contribution >= 0.6 is 11.6 Å². The zero-order chi connectivity index (χ0) is 30.7. The van der Waals surface area contributed by atoms with Crippen LogP contribution in [0.4, 0.5) is 5.69 Å². The second kappa shape index (κ2) is 13.4. The number of hydrogen-bond acceptors (Lipinski definition) is 5. The van der Waals surface area contributed by atoms with Gasteiger partial charge in [0.15, 0.2) is 11.5 Å². The Morgan fingerprint density at radius 2 is 1.81 bits per heavy atom. The summed E-state index contributed by atoms with van der Waals surface area (Å²) in [6, 6.07) is 19.4. The minimum absolute atomic E-state index is 0.00969. The summed E-state index contributed by atoms with van der Waals surface area (Å²) >= 11 is 6.27. The molecule has 0 radical (unpaired) electrons. The van der Waals surface area contributed by atoms with Crippen molar-refractivity contribution in [3.8, 4) is 11.5 Å². The Morgan fingerprint density at radius 3 is 2.42 bits per heavy atom. The summed E-state index contributed by atoms with van der Waals surface area (Å²) < 4.78 is 11.9. The summed E-state index contributed by atoms with van der Waals surface area (Å²) in [4.78, 5) is 30.5. The first kappa shape index (κ1) is 30.9. The third-order valence-electron chi connectivity index (χ3n) is 8.78. The van der Waals surface area contributed by atoms with Gasteiger partial charge in [-0.2, -0.15) is 0 Å². The average molecular weight is 604 g/mol. The number of amides is 2. The van der Waals surface area contributed by atoms with Crippen LogP contribution in [0.25, 0.3) is 0 Å². The van der Waals surface area contributed by atoms with E-state index in [-0.39, 0.29) is 42.5 Å². The zero-order valence-electron chi connectivity index (χ0n) is 25.7. The summed E-state index contributed by atoms with van der Waals surface area (Å²) in [5.74, 6) is 1.34. The minimum atomic E-state index is -0.385. The molecule has 0 bridgehead atoms. The van der Waals surface area contributed by atoms with Crippen molar-refractivity contribution in [2.45, 2.75) is 77.6 Å². The van der Waals surface area contributed by atoms with Crippen molar-refractivity contribution < 1.29 is 19.1 Å². The molecule has 1 fully saturated rings. The van der Waals surface area contributed by atoms with Crippen LogP contribution in [-0.4, -0.2) is 49.1 Å². The molecule has 2 amide bonds. The number of methoxy groups -OCH3 is 1. The van der Waals surface area contributed by atoms with Gasteiger partial charge in [-0.1, -0.05) is 42.8 Å². The lowest BCUT2D eigenvalue weighted by Crippen LogP contribution is -2.49. The van der Waals surface area contributed by atoms with Crippen LogP contribution in [0.15, 0.2) is 60.7 Å². The Hall–Kier alpha value is -3.55. The number of fused-ring (bicyclic) bond motifs is 1. The molecule has 0 aliphatic carbocycles. The molecule has 0 saturated carbocycles. The SMILES string of the molecule is CC[C@@H](C)Oc1cc2c(cc1OC)CC(=O)N(c1ccc(C(C)N(C(C)=O)[C@H]3CCCNC3)cc1)[C@@H]2c1ccc(Cl)cc1. The van der Waals surface area contributed by atoms with Crippen LogP contribution in [0.3, 0.4) is 0 Å². The van der Waals surface area contributed by atoms with E-state index in [1.807, 2.05) is 77.4 Å². The topological polar surface area (TPSA) is 71.1 Å². The van der Waals surface area contributed by atoms with Crippen molar-refractivity contribution in [2.75, 3.05) is 25.1 Å². The van der Waals surface area contributed by atoms with E-state index in [2.05, 4.69) is 19.2 Å². The van der Waals surface area contributed by atoms with Gasteiger partial charge >= 0.3 is 0 Å². The monoisotopic (exact) mass is 603 g/mol. The van der Waals surface area contributed by atoms with E-state index in [0.29, 0.717) is 16.5 Å². The normalized spacial score (nSPS) is 19.8. The second-order valence-corrected chi connectivity index (χ2v) is 12.1. The Labute approximate surface area is 260 Å². The van der Waals surface area contributed by atoms with Gasteiger partial charge in [-0.05, 0) is 98.3 Å². The smallest absolute Gasteiger partial charge is 0.232 e. The number of anilines is 1. The average Bonchev–Trinajstić information content (AvgIpc) is 3.01. The van der Waals surface area contributed by atoms with Gasteiger partial charge in [0.25, 0.3) is 0 Å². The maximum Gasteiger partial charge on any atom is 0.232 e. The van der Waals surface area contributed by atoms with Crippen LogP contribution in [0, 0.1) is 0 Å². The van der Waals surface area contributed by atoms with Crippen LogP contribution in [0.1, 0.15) is 81.3 Å². The van der Waals surface area contributed by atoms with Crippen molar-refractivity contribution in [1.29, 1.82) is 0 Å². The zero-order valence-corrected chi connectivity index (χ0v) is 26.5. The number of rotatable bonds is 9. The first-order valence-corrected chi connectivity index (χ1v) is 15.6. The number of ether oxygens (including phenoxy) is 2. The molecule has 1 N–H and O–H groups in total. The summed E-state index contributed by atoms with van der Waals surface area (Å²) in [6.45, 7) is 9.64. The number of benzene rings is 3. The van der Waals surface area contributed by atoms with E-state index in [9.17, 15) is 9.59 Å². The second-order valence-electron chi connectivity index (χ2n) is 11.6. The first-order chi connectivity index (χ1) is 20.7. The molecule has 43 heavy (non-hydrogen) atoms. The third-order valence-corrected chi connectivity index (χ3v) is 9.03. The Balaban J connectivity index is 1.54. The lowest BCUT2D eigenvalue weighted by atomic mass is 9.86. The highest BCUT2D eigenvalue weighted by Crippen LogP contribution is 2.44. The summed E-state index contributed by atoms with van der Waals surface area (Å²) in [6.07, 6.45) is 3.16. The number of halogens is 1. The molecule has 0 aromatic heterocycles. The van der Waals surface area contributed by atoms with Gasteiger partial charge in [0, 0.05) is 30.2 Å². The van der Waals surface area contributed by atoms with Crippen LogP contribution in [0.5, 0.6) is 11.5 Å². The van der Waals surface area contributed by atoms with Gasteiger partial charge in [0.1, 0.15) is 0 Å². The molecular weight excluding hydrogens is 562 g/mol. The van der Waals surface area contributed by atoms with Gasteiger partial charge < -0.3 is 24.6 Å². The summed E-state index contributed by atoms with van der Waals surface area (Å²) in [5, 5.41) is 4.06. The van der Waals surface area contributed by atoms with Gasteiger partial charge in [-0.25, -0.2) is 0 Å². The molecule has 1 saturated heterocycles. The van der Waals surface area contributed by atoms with E-state index in [0.717, 1.165) is 60.3 Å². The predicted octanol–water partition coefficient (Wildman–Crippen LogP) is 6.87. The van der Waals surface area contributed by atoms with Crippen LogP contribution < -0.4 is 19.7 Å². The summed E-state index contributed by atoms with van der Waals surface area (Å²) in [7, 11) is 1.62. The first-order valence-electron chi connectivity index (χ1n) is 15.3. The number of nitrogens with zero attached hydrogens (tertiary/aromatic N) is 2. The van der Waals surface area contributed by atoms with Crippen LogP contribution in [-0.2, 0) is 16.0 Å². The van der Waals surface area contributed by atoms with E-state index in [4.69, 9.17) is 21.1 Å². The largest absolute Gasteiger partial charge is 0.493 e. The molecular formula is C35H42ClN3O4. The van der Waals surface area contributed by atoms with Crippen LogP contribution in [0.2, 0.25) is 5.02 Å².